The zero-order chi connectivity index (χ0) is 13.1. The summed E-state index contributed by atoms with van der Waals surface area (Å²) in [4.78, 5) is 11.6. The average Bonchev–Trinajstić information content (AvgIpc) is 1.99. The molecule has 0 aliphatic heterocycles. The quantitative estimate of drug-likeness (QED) is 0.705. The van der Waals surface area contributed by atoms with E-state index in [1.807, 2.05) is 0 Å². The van der Waals surface area contributed by atoms with Crippen LogP contribution in [0.2, 0.25) is 0 Å². The molecule has 0 N–H and O–H groups in total. The molecule has 0 saturated carbocycles. The van der Waals surface area contributed by atoms with Crippen molar-refractivity contribution in [1.29, 1.82) is 0 Å². The Labute approximate surface area is 94.2 Å². The third-order valence-corrected chi connectivity index (χ3v) is 2.27. The van der Waals surface area contributed by atoms with Crippen LogP contribution in [0.1, 0.15) is 41.0 Å². The minimum Gasteiger partial charge on any atom is -0.460 e. The van der Waals surface area contributed by atoms with Crippen LogP contribution in [0, 0.1) is 11.8 Å². The Kier molecular flexibility index (Phi) is 4.83. The Morgan fingerprint density at radius 1 is 1.25 bits per heavy atom. The van der Waals surface area contributed by atoms with Crippen molar-refractivity contribution in [3.8, 4) is 0 Å². The number of esters is 1. The lowest BCUT2D eigenvalue weighted by molar-refractivity contribution is -0.199. The molecule has 96 valence electrons. The van der Waals surface area contributed by atoms with E-state index in [2.05, 4.69) is 0 Å². The van der Waals surface area contributed by atoms with Crippen LogP contribution in [0.15, 0.2) is 0 Å². The van der Waals surface area contributed by atoms with Crippen molar-refractivity contribution in [1.82, 2.24) is 0 Å². The fourth-order valence-corrected chi connectivity index (χ4v) is 1.33. The van der Waals surface area contributed by atoms with E-state index in [0.29, 0.717) is 0 Å². The van der Waals surface area contributed by atoms with Crippen molar-refractivity contribution in [2.45, 2.75) is 52.8 Å². The van der Waals surface area contributed by atoms with Crippen molar-refractivity contribution < 1.29 is 22.7 Å². The Morgan fingerprint density at radius 3 is 1.94 bits per heavy atom. The molecule has 0 aromatic heterocycles. The van der Waals surface area contributed by atoms with Gasteiger partial charge in [-0.3, -0.25) is 4.79 Å². The van der Waals surface area contributed by atoms with Crippen LogP contribution >= 0.6 is 0 Å². The van der Waals surface area contributed by atoms with Gasteiger partial charge in [0.05, 0.1) is 11.8 Å². The fraction of sp³-hybridized carbons (Fsp3) is 0.909. The van der Waals surface area contributed by atoms with Crippen molar-refractivity contribution >= 4 is 5.97 Å². The molecule has 0 bridgehead atoms. The SMILES string of the molecule is CCC(C(=O)OC(C)(C)C)C(C)C(F)(F)F. The minimum atomic E-state index is -4.36. The van der Waals surface area contributed by atoms with Gasteiger partial charge in [0.2, 0.25) is 0 Å². The maximum atomic E-state index is 12.5. The summed E-state index contributed by atoms with van der Waals surface area (Å²) in [7, 11) is 0. The van der Waals surface area contributed by atoms with E-state index in [1.54, 1.807) is 27.7 Å². The second kappa shape index (κ2) is 5.06. The zero-order valence-electron chi connectivity index (χ0n) is 10.3. The highest BCUT2D eigenvalue weighted by atomic mass is 19.4. The van der Waals surface area contributed by atoms with Crippen LogP contribution < -0.4 is 0 Å². The molecular formula is C11H19F3O2. The molecule has 0 radical (unpaired) electrons. The molecule has 0 aliphatic rings. The van der Waals surface area contributed by atoms with Crippen molar-refractivity contribution in [3.63, 3.8) is 0 Å². The molecule has 0 spiro atoms. The first-order valence-electron chi connectivity index (χ1n) is 5.28. The maximum absolute atomic E-state index is 12.5. The highest BCUT2D eigenvalue weighted by Crippen LogP contribution is 2.34. The van der Waals surface area contributed by atoms with Crippen molar-refractivity contribution in [3.05, 3.63) is 0 Å². The number of alkyl halides is 3. The molecule has 0 aromatic carbocycles. The number of halogens is 3. The normalized spacial score (nSPS) is 16.8. The largest absolute Gasteiger partial charge is 0.460 e. The van der Waals surface area contributed by atoms with Gasteiger partial charge in [0.25, 0.3) is 0 Å². The average molecular weight is 240 g/mol. The second-order valence-electron chi connectivity index (χ2n) is 4.88. The van der Waals surface area contributed by atoms with Gasteiger partial charge in [-0.1, -0.05) is 13.8 Å². The predicted octanol–water partition coefficient (Wildman–Crippen LogP) is 3.55. The lowest BCUT2D eigenvalue weighted by atomic mass is 9.91. The molecular weight excluding hydrogens is 221 g/mol. The highest BCUT2D eigenvalue weighted by Gasteiger charge is 2.44. The molecule has 0 aromatic rings. The number of carbonyl (C=O) groups is 1. The van der Waals surface area contributed by atoms with Gasteiger partial charge in [0, 0.05) is 0 Å². The number of hydrogen-bond donors (Lipinski definition) is 0. The molecule has 5 heteroatoms. The van der Waals surface area contributed by atoms with E-state index in [-0.39, 0.29) is 6.42 Å². The summed E-state index contributed by atoms with van der Waals surface area (Å²) < 4.78 is 42.4. The van der Waals surface area contributed by atoms with E-state index < -0.39 is 29.6 Å². The molecule has 16 heavy (non-hydrogen) atoms. The molecule has 2 atom stereocenters. The van der Waals surface area contributed by atoms with Crippen LogP contribution in [0.4, 0.5) is 13.2 Å². The first kappa shape index (κ1) is 15.3. The molecule has 2 nitrogen and oxygen atoms in total. The molecule has 0 rings (SSSR count). The van der Waals surface area contributed by atoms with Gasteiger partial charge < -0.3 is 4.74 Å². The van der Waals surface area contributed by atoms with Gasteiger partial charge >= 0.3 is 12.1 Å². The molecule has 0 aliphatic carbocycles. The van der Waals surface area contributed by atoms with E-state index in [4.69, 9.17) is 4.74 Å². The van der Waals surface area contributed by atoms with Crippen LogP contribution in [0.3, 0.4) is 0 Å². The Bertz CT molecular complexity index is 241. The Hall–Kier alpha value is -0.740. The Morgan fingerprint density at radius 2 is 1.69 bits per heavy atom. The zero-order valence-corrected chi connectivity index (χ0v) is 10.3. The lowest BCUT2D eigenvalue weighted by Crippen LogP contribution is -2.36. The summed E-state index contributed by atoms with van der Waals surface area (Å²) in [5.41, 5.74) is -0.754. The fourth-order valence-electron chi connectivity index (χ4n) is 1.33. The summed E-state index contributed by atoms with van der Waals surface area (Å²) in [6, 6.07) is 0. The van der Waals surface area contributed by atoms with Gasteiger partial charge in [-0.25, -0.2) is 0 Å². The minimum absolute atomic E-state index is 0.121. The smallest absolute Gasteiger partial charge is 0.392 e. The predicted molar refractivity (Wildman–Crippen MR) is 54.8 cm³/mol. The van der Waals surface area contributed by atoms with E-state index >= 15 is 0 Å². The van der Waals surface area contributed by atoms with Gasteiger partial charge in [0.15, 0.2) is 0 Å². The number of carbonyl (C=O) groups excluding carboxylic acids is 1. The van der Waals surface area contributed by atoms with Crippen LogP contribution in [0.5, 0.6) is 0 Å². The van der Waals surface area contributed by atoms with E-state index in [1.165, 1.54) is 0 Å². The van der Waals surface area contributed by atoms with Crippen molar-refractivity contribution in [2.24, 2.45) is 11.8 Å². The Balaban J connectivity index is 4.69. The van der Waals surface area contributed by atoms with E-state index in [0.717, 1.165) is 6.92 Å². The molecule has 2 unspecified atom stereocenters. The highest BCUT2D eigenvalue weighted by molar-refractivity contribution is 5.73. The van der Waals surface area contributed by atoms with Gasteiger partial charge in [-0.15, -0.1) is 0 Å². The lowest BCUT2D eigenvalue weighted by Gasteiger charge is -2.27. The van der Waals surface area contributed by atoms with Gasteiger partial charge in [-0.05, 0) is 27.2 Å². The molecule has 0 fully saturated rings. The topological polar surface area (TPSA) is 26.3 Å². The monoisotopic (exact) mass is 240 g/mol. The number of rotatable bonds is 3. The molecule has 0 amide bonds. The summed E-state index contributed by atoms with van der Waals surface area (Å²) >= 11 is 0. The van der Waals surface area contributed by atoms with Gasteiger partial charge in [0.1, 0.15) is 5.60 Å². The summed E-state index contributed by atoms with van der Waals surface area (Å²) in [6.45, 7) is 7.47. The number of hydrogen-bond acceptors (Lipinski definition) is 2. The third-order valence-electron chi connectivity index (χ3n) is 2.27. The molecule has 0 heterocycles. The third kappa shape index (κ3) is 4.86. The summed E-state index contributed by atoms with van der Waals surface area (Å²) in [6.07, 6.45) is -4.24. The van der Waals surface area contributed by atoms with Crippen LogP contribution in [-0.2, 0) is 9.53 Å². The summed E-state index contributed by atoms with van der Waals surface area (Å²) in [5.74, 6) is -3.58. The van der Waals surface area contributed by atoms with Crippen LogP contribution in [0.25, 0.3) is 0 Å². The second-order valence-corrected chi connectivity index (χ2v) is 4.88. The van der Waals surface area contributed by atoms with Gasteiger partial charge in [-0.2, -0.15) is 13.2 Å². The molecule has 0 saturated heterocycles. The first-order valence-corrected chi connectivity index (χ1v) is 5.28. The van der Waals surface area contributed by atoms with Crippen molar-refractivity contribution in [2.75, 3.05) is 0 Å². The summed E-state index contributed by atoms with van der Waals surface area (Å²) in [5, 5.41) is 0. The first-order chi connectivity index (χ1) is 6.99. The van der Waals surface area contributed by atoms with Crippen LogP contribution in [-0.4, -0.2) is 17.7 Å². The number of ether oxygens (including phenoxy) is 1. The maximum Gasteiger partial charge on any atom is 0.392 e. The van der Waals surface area contributed by atoms with E-state index in [9.17, 15) is 18.0 Å². The standard InChI is InChI=1S/C11H19F3O2/c1-6-8(7(2)11(12,13)14)9(15)16-10(3,4)5/h7-8H,6H2,1-5H3.